The van der Waals surface area contributed by atoms with Gasteiger partial charge in [-0.05, 0) is 44.1 Å². The van der Waals surface area contributed by atoms with Crippen molar-refractivity contribution in [2.24, 2.45) is 11.7 Å². The van der Waals surface area contributed by atoms with Crippen LogP contribution in [0.4, 0.5) is 0 Å². The summed E-state index contributed by atoms with van der Waals surface area (Å²) in [7, 11) is -5.09. The maximum atomic E-state index is 13.7. The van der Waals surface area contributed by atoms with Gasteiger partial charge in [0.05, 0.1) is 25.6 Å². The van der Waals surface area contributed by atoms with E-state index in [1.807, 2.05) is 32.0 Å². The Hall–Kier alpha value is -4.68. The molecule has 0 spiro atoms. The van der Waals surface area contributed by atoms with E-state index in [0.29, 0.717) is 18.7 Å². The number of aromatic nitrogens is 2. The van der Waals surface area contributed by atoms with Crippen LogP contribution in [0.15, 0.2) is 42.9 Å². The Morgan fingerprint density at radius 2 is 1.51 bits per heavy atom. The lowest BCUT2D eigenvalue weighted by Gasteiger charge is -2.27. The van der Waals surface area contributed by atoms with E-state index >= 15 is 0 Å². The Balaban J connectivity index is 2.10. The van der Waals surface area contributed by atoms with Crippen LogP contribution in [0.5, 0.6) is 0 Å². The summed E-state index contributed by atoms with van der Waals surface area (Å²) in [6, 6.07) is 4.14. The number of imidazole rings is 1. The third-order valence-corrected chi connectivity index (χ3v) is 9.04. The highest BCUT2D eigenvalue weighted by atomic mass is 31.2. The zero-order valence-corrected chi connectivity index (χ0v) is 32.5. The second-order valence-electron chi connectivity index (χ2n) is 13.6. The molecule has 6 amide bonds. The number of nitrogens with one attached hydrogen (secondary N) is 5. The number of phosphoric acid groups is 1. The molecule has 0 saturated carbocycles. The monoisotopic (exact) mass is 794 g/mol. The summed E-state index contributed by atoms with van der Waals surface area (Å²) in [5.41, 5.74) is 6.94. The minimum absolute atomic E-state index is 0.0895. The highest BCUT2D eigenvalue weighted by molar-refractivity contribution is 7.46. The maximum Gasteiger partial charge on any atom is 0.469 e. The van der Waals surface area contributed by atoms with Gasteiger partial charge in [0.2, 0.25) is 35.4 Å². The molecule has 0 bridgehead atoms. The number of hydrogen-bond acceptors (Lipinski definition) is 10. The standard InChI is InChI=1S/C35H55N8O11P/c1-22(2)16-27(39-30(46)19-43(24(4)45)15-11-6-5-8-12-25-13-9-7-10-14-25)33(48)40-28(17-26-18-37-21-38-26)34(49)41-29(20-44)35(50)42-31(32(36)47)23(3)54-55(51,52)53/h7,9-10,13-14,18,21-23,27-29,31,44H,5-6,8,11-12,15-17,19-20H2,1-4H3,(H2,36,47)(H,37,38)(H,39,46)(H,40,48)(H,41,49)(H,42,50)(H2,51,52,53)/t23-,27+,28+,29+,31+/m1/s1. The number of carbonyl (C=O) groups is 6. The van der Waals surface area contributed by atoms with E-state index in [4.69, 9.17) is 15.5 Å². The number of carbonyl (C=O) groups excluding carboxylic acids is 6. The van der Waals surface area contributed by atoms with Gasteiger partial charge in [0, 0.05) is 31.8 Å². The number of aryl methyl sites for hydroxylation is 1. The summed E-state index contributed by atoms with van der Waals surface area (Å²) >= 11 is 0. The Bertz CT molecular complexity index is 1590. The van der Waals surface area contributed by atoms with Crippen LogP contribution in [0.25, 0.3) is 0 Å². The first kappa shape index (κ1) is 46.5. The zero-order chi connectivity index (χ0) is 41.1. The Labute approximate surface area is 320 Å². The number of benzene rings is 1. The van der Waals surface area contributed by atoms with E-state index in [0.717, 1.165) is 32.6 Å². The number of nitrogens with zero attached hydrogens (tertiary/aromatic N) is 2. The molecule has 0 aliphatic rings. The summed E-state index contributed by atoms with van der Waals surface area (Å²) in [5, 5.41) is 19.6. The van der Waals surface area contributed by atoms with E-state index in [-0.39, 0.29) is 31.2 Å². The molecule has 5 atom stereocenters. The fourth-order valence-corrected chi connectivity index (χ4v) is 6.16. The molecule has 0 aliphatic heterocycles. The number of rotatable bonds is 25. The fraction of sp³-hybridized carbons (Fsp3) is 0.571. The predicted octanol–water partition coefficient (Wildman–Crippen LogP) is -0.435. The Kier molecular flexibility index (Phi) is 19.7. The molecule has 0 unspecified atom stereocenters. The van der Waals surface area contributed by atoms with Crippen molar-refractivity contribution in [2.75, 3.05) is 19.7 Å². The molecule has 55 heavy (non-hydrogen) atoms. The first-order chi connectivity index (χ1) is 25.9. The molecule has 19 nitrogen and oxygen atoms in total. The second-order valence-corrected chi connectivity index (χ2v) is 14.8. The third kappa shape index (κ3) is 18.0. The van der Waals surface area contributed by atoms with Crippen LogP contribution in [0, 0.1) is 5.92 Å². The van der Waals surface area contributed by atoms with Gasteiger partial charge in [-0.3, -0.25) is 33.3 Å². The molecule has 2 rings (SSSR count). The molecule has 1 aromatic carbocycles. The van der Waals surface area contributed by atoms with Gasteiger partial charge in [0.15, 0.2) is 0 Å². The predicted molar refractivity (Wildman–Crippen MR) is 199 cm³/mol. The maximum absolute atomic E-state index is 13.7. The summed E-state index contributed by atoms with van der Waals surface area (Å²) in [6.07, 6.45) is 5.61. The average Bonchev–Trinajstić information content (AvgIpc) is 3.62. The van der Waals surface area contributed by atoms with Crippen molar-refractivity contribution in [1.82, 2.24) is 36.1 Å². The third-order valence-electron chi connectivity index (χ3n) is 8.43. The first-order valence-corrected chi connectivity index (χ1v) is 19.5. The number of H-pyrrole nitrogens is 1. The zero-order valence-electron chi connectivity index (χ0n) is 31.6. The number of aliphatic hydroxyl groups is 1. The molecule has 2 aromatic rings. The van der Waals surface area contributed by atoms with Crippen molar-refractivity contribution < 1.29 is 52.7 Å². The van der Waals surface area contributed by atoms with Crippen molar-refractivity contribution in [1.29, 1.82) is 0 Å². The topological polar surface area (TPSA) is 295 Å². The van der Waals surface area contributed by atoms with Crippen LogP contribution in [-0.4, -0.2) is 115 Å². The number of aliphatic hydroxyl groups excluding tert-OH is 1. The number of phosphoric ester groups is 1. The first-order valence-electron chi connectivity index (χ1n) is 18.0. The van der Waals surface area contributed by atoms with Gasteiger partial charge in [0.25, 0.3) is 0 Å². The molecule has 306 valence electrons. The highest BCUT2D eigenvalue weighted by Crippen LogP contribution is 2.38. The van der Waals surface area contributed by atoms with Gasteiger partial charge >= 0.3 is 7.82 Å². The lowest BCUT2D eigenvalue weighted by Crippen LogP contribution is -2.60. The van der Waals surface area contributed by atoms with Crippen molar-refractivity contribution in [3.05, 3.63) is 54.1 Å². The molecule has 10 N–H and O–H groups in total. The summed E-state index contributed by atoms with van der Waals surface area (Å²) in [5.74, 6) is -5.03. The molecule has 0 saturated heterocycles. The van der Waals surface area contributed by atoms with Crippen molar-refractivity contribution in [3.8, 4) is 0 Å². The van der Waals surface area contributed by atoms with E-state index < -0.39 is 74.2 Å². The lowest BCUT2D eigenvalue weighted by molar-refractivity contribution is -0.137. The van der Waals surface area contributed by atoms with E-state index in [2.05, 4.69) is 47.9 Å². The van der Waals surface area contributed by atoms with Gasteiger partial charge in [0.1, 0.15) is 24.2 Å². The van der Waals surface area contributed by atoms with Crippen LogP contribution < -0.4 is 27.0 Å². The van der Waals surface area contributed by atoms with E-state index in [9.17, 15) is 38.4 Å². The molecule has 0 radical (unpaired) electrons. The van der Waals surface area contributed by atoms with Crippen LogP contribution in [0.1, 0.15) is 71.1 Å². The SMILES string of the molecule is CC(=O)N(CCCCCCc1ccccc1)CC(=O)N[C@@H](CC(C)C)C(=O)N[C@@H](Cc1cnc[nH]1)C(=O)N[C@@H](CO)C(=O)N[C@H](C(N)=O)[C@@H](C)OP(=O)(O)O. The van der Waals surface area contributed by atoms with Gasteiger partial charge in [-0.15, -0.1) is 0 Å². The minimum Gasteiger partial charge on any atom is -0.394 e. The van der Waals surface area contributed by atoms with Crippen molar-refractivity contribution in [3.63, 3.8) is 0 Å². The van der Waals surface area contributed by atoms with Gasteiger partial charge in [-0.2, -0.15) is 0 Å². The molecule has 1 heterocycles. The van der Waals surface area contributed by atoms with E-state index in [1.165, 1.54) is 29.9 Å². The smallest absolute Gasteiger partial charge is 0.394 e. The summed E-state index contributed by atoms with van der Waals surface area (Å²) in [6.45, 7) is 5.18. The van der Waals surface area contributed by atoms with Gasteiger partial charge in [-0.1, -0.05) is 57.0 Å². The molecule has 1 aromatic heterocycles. The molecule has 0 aliphatic carbocycles. The fourth-order valence-electron chi connectivity index (χ4n) is 5.61. The number of amides is 6. The quantitative estimate of drug-likeness (QED) is 0.0457. The Morgan fingerprint density at radius 3 is 2.07 bits per heavy atom. The number of primary amides is 1. The largest absolute Gasteiger partial charge is 0.469 e. The number of nitrogens with two attached hydrogens (primary N) is 1. The number of unbranched alkanes of at least 4 members (excludes halogenated alkanes) is 3. The van der Waals surface area contributed by atoms with Crippen LogP contribution in [-0.2, 0) is 50.7 Å². The summed E-state index contributed by atoms with van der Waals surface area (Å²) < 4.78 is 15.7. The van der Waals surface area contributed by atoms with Gasteiger partial charge < -0.3 is 51.8 Å². The number of aromatic amines is 1. The minimum atomic E-state index is -5.09. The normalized spacial score (nSPS) is 14.2. The highest BCUT2D eigenvalue weighted by Gasteiger charge is 2.35. The Morgan fingerprint density at radius 1 is 0.891 bits per heavy atom. The number of hydrogen-bond donors (Lipinski definition) is 9. The van der Waals surface area contributed by atoms with Crippen molar-refractivity contribution >= 4 is 43.3 Å². The lowest BCUT2D eigenvalue weighted by atomic mass is 10.0. The molecular formula is C35H55N8O11P. The van der Waals surface area contributed by atoms with Gasteiger partial charge in [-0.25, -0.2) is 9.55 Å². The van der Waals surface area contributed by atoms with Crippen LogP contribution in [0.2, 0.25) is 0 Å². The molecule has 0 fully saturated rings. The van der Waals surface area contributed by atoms with Crippen LogP contribution >= 0.6 is 7.82 Å². The summed E-state index contributed by atoms with van der Waals surface area (Å²) in [4.78, 5) is 104. The average molecular weight is 795 g/mol. The van der Waals surface area contributed by atoms with Crippen molar-refractivity contribution in [2.45, 2.75) is 103 Å². The second kappa shape index (κ2) is 23.3. The van der Waals surface area contributed by atoms with Crippen LogP contribution in [0.3, 0.4) is 0 Å². The molecular weight excluding hydrogens is 739 g/mol. The molecule has 20 heteroatoms. The van der Waals surface area contributed by atoms with E-state index in [1.54, 1.807) is 0 Å².